The third kappa shape index (κ3) is 4.62. The lowest BCUT2D eigenvalue weighted by atomic mass is 9.87. The highest BCUT2D eigenvalue weighted by molar-refractivity contribution is 8.00. The van der Waals surface area contributed by atoms with Crippen LogP contribution in [0.5, 0.6) is 0 Å². The van der Waals surface area contributed by atoms with Crippen molar-refractivity contribution in [3.05, 3.63) is 0 Å². The molecule has 3 nitrogen and oxygen atoms in total. The molecule has 0 bridgehead atoms. The Bertz CT molecular complexity index is 192. The van der Waals surface area contributed by atoms with Crippen molar-refractivity contribution in [2.75, 3.05) is 18.9 Å². The molecule has 4 heteroatoms. The van der Waals surface area contributed by atoms with Gasteiger partial charge in [0.1, 0.15) is 0 Å². The predicted molar refractivity (Wildman–Crippen MR) is 69.8 cm³/mol. The van der Waals surface area contributed by atoms with E-state index >= 15 is 0 Å². The van der Waals surface area contributed by atoms with E-state index < -0.39 is 6.10 Å². The first-order valence-electron chi connectivity index (χ1n) is 6.31. The van der Waals surface area contributed by atoms with E-state index in [0.717, 1.165) is 12.5 Å². The molecule has 0 spiro atoms. The molecule has 16 heavy (non-hydrogen) atoms. The maximum absolute atomic E-state index is 9.38. The van der Waals surface area contributed by atoms with Crippen molar-refractivity contribution in [2.45, 2.75) is 50.5 Å². The van der Waals surface area contributed by atoms with Crippen molar-refractivity contribution in [3.8, 4) is 0 Å². The number of hydrogen-bond donors (Lipinski definition) is 3. The second-order valence-corrected chi connectivity index (χ2v) is 6.06. The van der Waals surface area contributed by atoms with E-state index in [1.165, 1.54) is 19.3 Å². The zero-order valence-electron chi connectivity index (χ0n) is 10.4. The summed E-state index contributed by atoms with van der Waals surface area (Å²) >= 11 is 1.81. The zero-order chi connectivity index (χ0) is 12.0. The van der Waals surface area contributed by atoms with Crippen LogP contribution in [0.3, 0.4) is 0 Å². The highest BCUT2D eigenvalue weighted by Gasteiger charge is 2.28. The summed E-state index contributed by atoms with van der Waals surface area (Å²) in [7, 11) is 0. The fourth-order valence-corrected chi connectivity index (χ4v) is 3.80. The van der Waals surface area contributed by atoms with Gasteiger partial charge >= 0.3 is 0 Å². The van der Waals surface area contributed by atoms with Crippen LogP contribution in [0.2, 0.25) is 0 Å². The van der Waals surface area contributed by atoms with E-state index in [1.807, 2.05) is 11.8 Å². The van der Waals surface area contributed by atoms with E-state index in [1.54, 1.807) is 0 Å². The molecule has 0 amide bonds. The molecule has 1 saturated carbocycles. The Kier molecular flexibility index (Phi) is 6.73. The van der Waals surface area contributed by atoms with E-state index in [-0.39, 0.29) is 6.61 Å². The maximum Gasteiger partial charge on any atom is 0.0861 e. The van der Waals surface area contributed by atoms with Gasteiger partial charge in [-0.25, -0.2) is 0 Å². The van der Waals surface area contributed by atoms with Crippen LogP contribution in [-0.2, 0) is 0 Å². The molecule has 4 unspecified atom stereocenters. The Morgan fingerprint density at radius 3 is 2.81 bits per heavy atom. The van der Waals surface area contributed by atoms with Crippen LogP contribution in [0, 0.1) is 5.92 Å². The minimum Gasteiger partial charge on any atom is -0.394 e. The van der Waals surface area contributed by atoms with Crippen molar-refractivity contribution < 1.29 is 10.2 Å². The van der Waals surface area contributed by atoms with Gasteiger partial charge in [-0.15, -0.1) is 0 Å². The Labute approximate surface area is 103 Å². The normalized spacial score (nSPS) is 32.6. The summed E-state index contributed by atoms with van der Waals surface area (Å²) < 4.78 is 0. The molecule has 0 saturated heterocycles. The van der Waals surface area contributed by atoms with Gasteiger partial charge in [0.15, 0.2) is 0 Å². The summed E-state index contributed by atoms with van der Waals surface area (Å²) in [5, 5.41) is 22.3. The summed E-state index contributed by atoms with van der Waals surface area (Å²) in [5.41, 5.74) is 0. The van der Waals surface area contributed by atoms with Gasteiger partial charge in [-0.3, -0.25) is 0 Å². The van der Waals surface area contributed by atoms with Gasteiger partial charge in [0.25, 0.3) is 0 Å². The zero-order valence-corrected chi connectivity index (χ0v) is 11.2. The third-order valence-electron chi connectivity index (χ3n) is 3.23. The quantitative estimate of drug-likeness (QED) is 0.661. The van der Waals surface area contributed by atoms with Crippen LogP contribution < -0.4 is 5.32 Å². The van der Waals surface area contributed by atoms with Crippen LogP contribution >= 0.6 is 11.8 Å². The number of thioether (sulfide) groups is 1. The van der Waals surface area contributed by atoms with Gasteiger partial charge in [-0.1, -0.05) is 13.8 Å². The Morgan fingerprint density at radius 2 is 2.19 bits per heavy atom. The van der Waals surface area contributed by atoms with E-state index in [2.05, 4.69) is 19.2 Å². The summed E-state index contributed by atoms with van der Waals surface area (Å²) in [6, 6.07) is 0.581. The lowest BCUT2D eigenvalue weighted by molar-refractivity contribution is 0.113. The molecule has 0 aliphatic heterocycles. The minimum atomic E-state index is -0.565. The molecule has 1 fully saturated rings. The van der Waals surface area contributed by atoms with Crippen molar-refractivity contribution in [3.63, 3.8) is 0 Å². The van der Waals surface area contributed by atoms with E-state index in [9.17, 15) is 5.11 Å². The SMILES string of the molecule is CCNC1CCC(C)CC1SCC(O)CO. The van der Waals surface area contributed by atoms with Crippen molar-refractivity contribution in [2.24, 2.45) is 5.92 Å². The van der Waals surface area contributed by atoms with E-state index in [4.69, 9.17) is 5.11 Å². The van der Waals surface area contributed by atoms with Crippen molar-refractivity contribution >= 4 is 11.8 Å². The van der Waals surface area contributed by atoms with Crippen LogP contribution in [0.15, 0.2) is 0 Å². The highest BCUT2D eigenvalue weighted by Crippen LogP contribution is 2.32. The molecule has 96 valence electrons. The van der Waals surface area contributed by atoms with Gasteiger partial charge < -0.3 is 15.5 Å². The maximum atomic E-state index is 9.38. The second kappa shape index (κ2) is 7.54. The number of hydrogen-bond acceptors (Lipinski definition) is 4. The monoisotopic (exact) mass is 247 g/mol. The molecule has 4 atom stereocenters. The number of nitrogens with one attached hydrogen (secondary N) is 1. The molecule has 1 aliphatic rings. The first kappa shape index (κ1) is 14.3. The minimum absolute atomic E-state index is 0.124. The molecule has 3 N–H and O–H groups in total. The van der Waals surface area contributed by atoms with Gasteiger partial charge in [0.05, 0.1) is 12.7 Å². The van der Waals surface area contributed by atoms with Crippen LogP contribution in [0.4, 0.5) is 0 Å². The number of rotatable bonds is 6. The smallest absolute Gasteiger partial charge is 0.0861 e. The van der Waals surface area contributed by atoms with Crippen molar-refractivity contribution in [1.29, 1.82) is 0 Å². The largest absolute Gasteiger partial charge is 0.394 e. The molecule has 0 aromatic rings. The molecule has 1 aliphatic carbocycles. The average molecular weight is 247 g/mol. The van der Waals surface area contributed by atoms with Gasteiger partial charge in [-0.2, -0.15) is 11.8 Å². The molecular weight excluding hydrogens is 222 g/mol. The fraction of sp³-hybridized carbons (Fsp3) is 1.00. The van der Waals surface area contributed by atoms with E-state index in [0.29, 0.717) is 17.0 Å². The number of aliphatic hydroxyl groups is 2. The lowest BCUT2D eigenvalue weighted by Crippen LogP contribution is -2.42. The summed E-state index contributed by atoms with van der Waals surface area (Å²) in [6.07, 6.45) is 3.20. The average Bonchev–Trinajstić information content (AvgIpc) is 2.29. The molecule has 0 radical (unpaired) electrons. The Hall–Kier alpha value is 0.230. The van der Waals surface area contributed by atoms with Crippen LogP contribution in [0.1, 0.15) is 33.1 Å². The predicted octanol–water partition coefficient (Wildman–Crippen LogP) is 1.24. The standard InChI is InChI=1S/C12H25NO2S/c1-3-13-11-5-4-9(2)6-12(11)16-8-10(15)7-14/h9-15H,3-8H2,1-2H3. The van der Waals surface area contributed by atoms with Crippen LogP contribution in [-0.4, -0.2) is 46.5 Å². The topological polar surface area (TPSA) is 52.5 Å². The number of aliphatic hydroxyl groups excluding tert-OH is 2. The molecule has 0 aromatic carbocycles. The summed E-state index contributed by atoms with van der Waals surface area (Å²) in [4.78, 5) is 0. The molecule has 0 heterocycles. The lowest BCUT2D eigenvalue weighted by Gasteiger charge is -2.35. The molecule has 0 aromatic heterocycles. The molecule has 1 rings (SSSR count). The highest BCUT2D eigenvalue weighted by atomic mass is 32.2. The van der Waals surface area contributed by atoms with Crippen molar-refractivity contribution in [1.82, 2.24) is 5.32 Å². The summed E-state index contributed by atoms with van der Waals surface area (Å²) in [6.45, 7) is 5.33. The van der Waals surface area contributed by atoms with Crippen LogP contribution in [0.25, 0.3) is 0 Å². The fourth-order valence-electron chi connectivity index (χ4n) is 2.30. The van der Waals surface area contributed by atoms with Gasteiger partial charge in [0, 0.05) is 17.0 Å². The second-order valence-electron chi connectivity index (χ2n) is 4.79. The first-order chi connectivity index (χ1) is 7.67. The molecular formula is C12H25NO2S. The Morgan fingerprint density at radius 1 is 1.44 bits per heavy atom. The first-order valence-corrected chi connectivity index (χ1v) is 7.36. The summed E-state index contributed by atoms with van der Waals surface area (Å²) in [5.74, 6) is 1.44. The Balaban J connectivity index is 2.38. The third-order valence-corrected chi connectivity index (χ3v) is 4.76. The van der Waals surface area contributed by atoms with Gasteiger partial charge in [0.2, 0.25) is 0 Å². The van der Waals surface area contributed by atoms with Gasteiger partial charge in [-0.05, 0) is 31.7 Å².